The maximum Gasteiger partial charge on any atom is 0.323 e. The minimum atomic E-state index is -3.94. The van der Waals surface area contributed by atoms with Gasteiger partial charge < -0.3 is 15.3 Å². The van der Waals surface area contributed by atoms with Crippen LogP contribution < -0.4 is 20.9 Å². The molecule has 0 saturated heterocycles. The summed E-state index contributed by atoms with van der Waals surface area (Å²) < 4.78 is 50.6. The lowest BCUT2D eigenvalue weighted by molar-refractivity contribution is 0.0940. The zero-order chi connectivity index (χ0) is 25.4. The monoisotopic (exact) mass is 515 g/mol. The van der Waals surface area contributed by atoms with Crippen LogP contribution in [-0.4, -0.2) is 32.7 Å². The third kappa shape index (κ3) is 5.42. The van der Waals surface area contributed by atoms with Gasteiger partial charge in [0.25, 0.3) is 15.9 Å². The van der Waals surface area contributed by atoms with Gasteiger partial charge in [0, 0.05) is 11.3 Å². The predicted molar refractivity (Wildman–Crippen MR) is 130 cm³/mol. The molecule has 4 rings (SSSR count). The zero-order valence-electron chi connectivity index (χ0n) is 18.3. The third-order valence-corrected chi connectivity index (χ3v) is 7.56. The summed E-state index contributed by atoms with van der Waals surface area (Å²) in [4.78, 5) is 29.0. The highest BCUT2D eigenvalue weighted by atomic mass is 32.2. The van der Waals surface area contributed by atoms with Crippen molar-refractivity contribution in [1.29, 1.82) is 0 Å². The van der Waals surface area contributed by atoms with Crippen LogP contribution in [0, 0.1) is 0 Å². The van der Waals surface area contributed by atoms with Crippen LogP contribution in [0.25, 0.3) is 11.0 Å². The van der Waals surface area contributed by atoms with E-state index in [0.29, 0.717) is 22.2 Å². The second-order valence-electron chi connectivity index (χ2n) is 7.78. The Kier molecular flexibility index (Phi) is 6.23. The molecule has 4 aromatic rings. The van der Waals surface area contributed by atoms with Crippen molar-refractivity contribution in [2.24, 2.45) is 5.14 Å². The standard InChI is InChI=1S/C22H21N5O6S2/c1-13(14-4-8-17(9-5-14)34(23,30)31)24-21(28)15-2-6-16(7-3-15)27-35(32,33)18-10-11-19-20(12-18)26-22(29)25-19/h2-13,27H,1H3,(H,24,28)(H2,23,30,31)(H2,25,26,29)/t13-/m0/s1. The summed E-state index contributed by atoms with van der Waals surface area (Å²) in [5, 5.41) is 7.88. The molecular formula is C22H21N5O6S2. The van der Waals surface area contributed by atoms with Crippen molar-refractivity contribution in [3.8, 4) is 0 Å². The van der Waals surface area contributed by atoms with Crippen molar-refractivity contribution >= 4 is 42.7 Å². The van der Waals surface area contributed by atoms with E-state index < -0.39 is 37.7 Å². The lowest BCUT2D eigenvalue weighted by Crippen LogP contribution is -2.26. The Morgan fingerprint density at radius 3 is 2.09 bits per heavy atom. The Hall–Kier alpha value is -3.94. The van der Waals surface area contributed by atoms with Crippen LogP contribution in [0.3, 0.4) is 0 Å². The van der Waals surface area contributed by atoms with Crippen molar-refractivity contribution in [3.63, 3.8) is 0 Å². The normalized spacial score (nSPS) is 12.9. The highest BCUT2D eigenvalue weighted by Crippen LogP contribution is 2.20. The fourth-order valence-corrected chi connectivity index (χ4v) is 4.99. The molecule has 35 heavy (non-hydrogen) atoms. The molecule has 0 fully saturated rings. The van der Waals surface area contributed by atoms with Crippen LogP contribution in [0.1, 0.15) is 28.9 Å². The Morgan fingerprint density at radius 2 is 1.46 bits per heavy atom. The Morgan fingerprint density at radius 1 is 0.857 bits per heavy atom. The molecule has 1 atom stereocenters. The number of nitrogens with one attached hydrogen (secondary N) is 4. The fraction of sp³-hybridized carbons (Fsp3) is 0.0909. The van der Waals surface area contributed by atoms with Crippen LogP contribution in [0.5, 0.6) is 0 Å². The van der Waals surface area contributed by atoms with Gasteiger partial charge in [-0.25, -0.2) is 26.8 Å². The second-order valence-corrected chi connectivity index (χ2v) is 11.0. The van der Waals surface area contributed by atoms with E-state index in [1.807, 2.05) is 0 Å². The summed E-state index contributed by atoms with van der Waals surface area (Å²) in [5.41, 5.74) is 1.63. The van der Waals surface area contributed by atoms with E-state index in [0.717, 1.165) is 0 Å². The van der Waals surface area contributed by atoms with Gasteiger partial charge in [0.05, 0.1) is 26.9 Å². The van der Waals surface area contributed by atoms with Crippen molar-refractivity contribution in [1.82, 2.24) is 15.3 Å². The third-order valence-electron chi connectivity index (χ3n) is 5.25. The molecule has 0 aliphatic heterocycles. The second kappa shape index (κ2) is 9.02. The molecule has 1 amide bonds. The van der Waals surface area contributed by atoms with Gasteiger partial charge in [0.15, 0.2) is 0 Å². The van der Waals surface area contributed by atoms with Crippen LogP contribution in [0.2, 0.25) is 0 Å². The fourth-order valence-electron chi connectivity index (χ4n) is 3.39. The molecule has 13 heteroatoms. The summed E-state index contributed by atoms with van der Waals surface area (Å²) in [6.07, 6.45) is 0. The molecule has 0 radical (unpaired) electrons. The van der Waals surface area contributed by atoms with Gasteiger partial charge in [-0.3, -0.25) is 9.52 Å². The van der Waals surface area contributed by atoms with Gasteiger partial charge in [-0.15, -0.1) is 0 Å². The van der Waals surface area contributed by atoms with E-state index in [4.69, 9.17) is 5.14 Å². The van der Waals surface area contributed by atoms with E-state index in [2.05, 4.69) is 20.0 Å². The number of benzene rings is 3. The number of fused-ring (bicyclic) bond motifs is 1. The predicted octanol–water partition coefficient (Wildman–Crippen LogP) is 1.80. The molecule has 0 aliphatic carbocycles. The number of carbonyl (C=O) groups excluding carboxylic acids is 1. The molecule has 0 bridgehead atoms. The topological polar surface area (TPSA) is 184 Å². The van der Waals surface area contributed by atoms with E-state index >= 15 is 0 Å². The number of aromatic amines is 2. The van der Waals surface area contributed by atoms with Gasteiger partial charge in [-0.05, 0) is 67.1 Å². The van der Waals surface area contributed by atoms with Gasteiger partial charge in [0.2, 0.25) is 10.0 Å². The highest BCUT2D eigenvalue weighted by molar-refractivity contribution is 7.92. The van der Waals surface area contributed by atoms with Crippen molar-refractivity contribution in [2.45, 2.75) is 22.8 Å². The number of hydrogen-bond donors (Lipinski definition) is 5. The first kappa shape index (κ1) is 24.2. The zero-order valence-corrected chi connectivity index (χ0v) is 19.9. The molecule has 11 nitrogen and oxygen atoms in total. The maximum atomic E-state index is 12.7. The van der Waals surface area contributed by atoms with Crippen molar-refractivity contribution in [3.05, 3.63) is 88.3 Å². The average molecular weight is 516 g/mol. The van der Waals surface area contributed by atoms with Crippen LogP contribution in [0.4, 0.5) is 5.69 Å². The van der Waals surface area contributed by atoms with Crippen molar-refractivity contribution in [2.75, 3.05) is 4.72 Å². The van der Waals surface area contributed by atoms with E-state index in [9.17, 15) is 26.4 Å². The van der Waals surface area contributed by atoms with Crippen LogP contribution in [-0.2, 0) is 20.0 Å². The van der Waals surface area contributed by atoms with E-state index in [-0.39, 0.29) is 15.5 Å². The maximum absolute atomic E-state index is 12.7. The number of primary sulfonamides is 1. The number of imidazole rings is 1. The van der Waals surface area contributed by atoms with Crippen molar-refractivity contribution < 1.29 is 21.6 Å². The number of H-pyrrole nitrogens is 2. The van der Waals surface area contributed by atoms with Crippen LogP contribution in [0.15, 0.2) is 81.3 Å². The van der Waals surface area contributed by atoms with E-state index in [1.54, 1.807) is 19.1 Å². The molecule has 3 aromatic carbocycles. The van der Waals surface area contributed by atoms with Crippen LogP contribution >= 0.6 is 0 Å². The molecule has 1 heterocycles. The first-order chi connectivity index (χ1) is 16.4. The largest absolute Gasteiger partial charge is 0.346 e. The number of nitrogens with two attached hydrogens (primary N) is 1. The number of anilines is 1. The molecule has 6 N–H and O–H groups in total. The molecule has 0 aliphatic rings. The molecule has 0 saturated carbocycles. The number of sulfonamides is 2. The highest BCUT2D eigenvalue weighted by Gasteiger charge is 2.17. The molecule has 0 unspecified atom stereocenters. The summed E-state index contributed by atoms with van der Waals surface area (Å²) >= 11 is 0. The van der Waals surface area contributed by atoms with Gasteiger partial charge in [-0.2, -0.15) is 0 Å². The summed E-state index contributed by atoms with van der Waals surface area (Å²) in [6.45, 7) is 1.74. The number of aromatic nitrogens is 2. The molecule has 0 spiro atoms. The Bertz CT molecular complexity index is 1670. The smallest absolute Gasteiger partial charge is 0.323 e. The lowest BCUT2D eigenvalue weighted by atomic mass is 10.1. The number of amides is 1. The Labute approximate surface area is 200 Å². The van der Waals surface area contributed by atoms with Gasteiger partial charge in [0.1, 0.15) is 0 Å². The minimum Gasteiger partial charge on any atom is -0.346 e. The summed E-state index contributed by atoms with van der Waals surface area (Å²) in [7, 11) is -7.74. The number of carbonyl (C=O) groups is 1. The summed E-state index contributed by atoms with van der Waals surface area (Å²) in [6, 6.07) is 15.5. The molecule has 182 valence electrons. The van der Waals surface area contributed by atoms with Gasteiger partial charge >= 0.3 is 5.69 Å². The minimum absolute atomic E-state index is 0.0286. The number of rotatable bonds is 7. The Balaban J connectivity index is 1.43. The first-order valence-electron chi connectivity index (χ1n) is 10.2. The van der Waals surface area contributed by atoms with E-state index in [1.165, 1.54) is 54.6 Å². The quantitative estimate of drug-likeness (QED) is 0.250. The summed E-state index contributed by atoms with van der Waals surface area (Å²) in [5.74, 6) is -0.399. The SMILES string of the molecule is C[C@H](NC(=O)c1ccc(NS(=O)(=O)c2ccc3[nH]c(=O)[nH]c3c2)cc1)c1ccc(S(N)(=O)=O)cc1. The first-order valence-corrected chi connectivity index (χ1v) is 13.2. The average Bonchev–Trinajstić information content (AvgIpc) is 3.18. The number of hydrogen-bond acceptors (Lipinski definition) is 6. The lowest BCUT2D eigenvalue weighted by Gasteiger charge is -2.15. The molecular weight excluding hydrogens is 494 g/mol. The molecule has 1 aromatic heterocycles. The van der Waals surface area contributed by atoms with Gasteiger partial charge in [-0.1, -0.05) is 12.1 Å².